The number of anilines is 3. The smallest absolute Gasteiger partial charge is 0.318 e. The zero-order chi connectivity index (χ0) is 35.0. The number of nitrogens with zero attached hydrogens (tertiary/aromatic N) is 3. The molecule has 0 aliphatic rings. The van der Waals surface area contributed by atoms with Gasteiger partial charge in [-0.15, -0.1) is 0 Å². The second-order valence-electron chi connectivity index (χ2n) is 11.5. The van der Waals surface area contributed by atoms with Gasteiger partial charge >= 0.3 is 11.9 Å². The summed E-state index contributed by atoms with van der Waals surface area (Å²) in [5, 5.41) is 10.2. The Kier molecular flexibility index (Phi) is 10.0. The zero-order valence-electron chi connectivity index (χ0n) is 27.7. The Balaban J connectivity index is 1.48. The number of carbonyl (C=O) groups excluding carboxylic acids is 3. The van der Waals surface area contributed by atoms with E-state index in [0.717, 1.165) is 50.1 Å². The highest BCUT2D eigenvalue weighted by molar-refractivity contribution is 6.15. The van der Waals surface area contributed by atoms with E-state index < -0.39 is 11.9 Å². The minimum absolute atomic E-state index is 0.0422. The number of hydrogen-bond donors (Lipinski definition) is 0. The molecule has 6 rings (SSSR count). The van der Waals surface area contributed by atoms with Gasteiger partial charge in [0, 0.05) is 58.4 Å². The van der Waals surface area contributed by atoms with Crippen LogP contribution in [0.5, 0.6) is 0 Å². The summed E-state index contributed by atoms with van der Waals surface area (Å²) in [6.07, 6.45) is 0. The molecule has 0 radical (unpaired) electrons. The number of benzene rings is 6. The summed E-state index contributed by atoms with van der Waals surface area (Å²) in [6, 6.07) is 46.3. The van der Waals surface area contributed by atoms with Crippen LogP contribution in [-0.4, -0.2) is 29.1 Å². The van der Waals surface area contributed by atoms with E-state index in [1.165, 1.54) is 13.8 Å². The SMILES string of the molecule is CC(=O)O/N=C(/c1ccccc1)c1ccc(N(c2cccc(C(C)=O)c2)c2cccc3cc(/C(=N\OC(C)=O)c4ccccc4)ccc23)cc1. The van der Waals surface area contributed by atoms with Gasteiger partial charge in [-0.3, -0.25) is 4.79 Å². The Morgan fingerprint density at radius 2 is 1.00 bits per heavy atom. The lowest BCUT2D eigenvalue weighted by Gasteiger charge is -2.27. The van der Waals surface area contributed by atoms with E-state index in [9.17, 15) is 14.4 Å². The van der Waals surface area contributed by atoms with Gasteiger partial charge < -0.3 is 14.6 Å². The van der Waals surface area contributed by atoms with E-state index in [0.29, 0.717) is 17.0 Å². The minimum atomic E-state index is -0.515. The number of hydrogen-bond acceptors (Lipinski definition) is 8. The fourth-order valence-electron chi connectivity index (χ4n) is 5.62. The van der Waals surface area contributed by atoms with Gasteiger partial charge in [-0.1, -0.05) is 120 Å². The van der Waals surface area contributed by atoms with Crippen LogP contribution in [0.1, 0.15) is 53.4 Å². The second kappa shape index (κ2) is 15.0. The molecule has 0 spiro atoms. The number of carbonyl (C=O) groups is 3. The van der Waals surface area contributed by atoms with E-state index in [4.69, 9.17) is 9.68 Å². The van der Waals surface area contributed by atoms with Gasteiger partial charge in [-0.25, -0.2) is 9.59 Å². The second-order valence-corrected chi connectivity index (χ2v) is 11.5. The summed E-state index contributed by atoms with van der Waals surface area (Å²) in [6.45, 7) is 4.17. The van der Waals surface area contributed by atoms with Gasteiger partial charge in [0.05, 0.1) is 5.69 Å². The number of fused-ring (bicyclic) bond motifs is 1. The first-order valence-corrected chi connectivity index (χ1v) is 15.9. The van der Waals surface area contributed by atoms with Crippen LogP contribution in [0.25, 0.3) is 10.8 Å². The van der Waals surface area contributed by atoms with Gasteiger partial charge in [-0.2, -0.15) is 0 Å². The maximum atomic E-state index is 12.5. The van der Waals surface area contributed by atoms with E-state index in [1.807, 2.05) is 140 Å². The average Bonchev–Trinajstić information content (AvgIpc) is 3.13. The number of Topliss-reactive ketones (excluding diaryl/α,β-unsaturated/α-hetero) is 1. The molecule has 0 bridgehead atoms. The Morgan fingerprint density at radius 1 is 0.480 bits per heavy atom. The summed E-state index contributed by atoms with van der Waals surface area (Å²) in [5.41, 5.74) is 7.24. The van der Waals surface area contributed by atoms with E-state index in [2.05, 4.69) is 15.2 Å². The molecule has 0 saturated carbocycles. The third-order valence-corrected chi connectivity index (χ3v) is 7.91. The van der Waals surface area contributed by atoms with Crippen molar-refractivity contribution in [1.82, 2.24) is 0 Å². The molecule has 0 atom stereocenters. The highest BCUT2D eigenvalue weighted by Crippen LogP contribution is 2.39. The minimum Gasteiger partial charge on any atom is -0.318 e. The van der Waals surface area contributed by atoms with Gasteiger partial charge in [0.25, 0.3) is 0 Å². The Labute approximate surface area is 289 Å². The van der Waals surface area contributed by atoms with Gasteiger partial charge in [-0.05, 0) is 48.7 Å². The lowest BCUT2D eigenvalue weighted by Crippen LogP contribution is -2.12. The summed E-state index contributed by atoms with van der Waals surface area (Å²) in [5.74, 6) is -1.07. The van der Waals surface area contributed by atoms with E-state index in [1.54, 1.807) is 13.0 Å². The standard InChI is InChI=1S/C42H33N3O5/c1-28(46)34-16-10-18-38(27-34)45(37-23-20-33(21-24-37)41(43-49-29(2)47)31-12-6-4-7-13-31)40-19-11-17-35-26-36(22-25-39(35)40)42(44-50-30(3)48)32-14-8-5-9-15-32/h4-27H,1-3H3/b43-41-,44-42-. The molecule has 8 heteroatoms. The van der Waals surface area contributed by atoms with Gasteiger partial charge in [0.2, 0.25) is 0 Å². The fraction of sp³-hybridized carbons (Fsp3) is 0.0714. The summed E-state index contributed by atoms with van der Waals surface area (Å²) < 4.78 is 0. The van der Waals surface area contributed by atoms with Crippen molar-refractivity contribution in [2.24, 2.45) is 10.3 Å². The van der Waals surface area contributed by atoms with Crippen LogP contribution in [0, 0.1) is 0 Å². The molecule has 0 aliphatic heterocycles. The monoisotopic (exact) mass is 659 g/mol. The van der Waals surface area contributed by atoms with Crippen LogP contribution in [0.4, 0.5) is 17.1 Å². The van der Waals surface area contributed by atoms with Crippen molar-refractivity contribution in [3.63, 3.8) is 0 Å². The molecule has 246 valence electrons. The van der Waals surface area contributed by atoms with Crippen LogP contribution in [-0.2, 0) is 19.3 Å². The van der Waals surface area contributed by atoms with Crippen LogP contribution in [0.15, 0.2) is 156 Å². The summed E-state index contributed by atoms with van der Waals surface area (Å²) in [4.78, 5) is 48.1. The Morgan fingerprint density at radius 3 is 1.58 bits per heavy atom. The molecule has 0 aliphatic carbocycles. The topological polar surface area (TPSA) is 97.6 Å². The van der Waals surface area contributed by atoms with Gasteiger partial charge in [0.15, 0.2) is 5.78 Å². The number of ketones is 1. The normalized spacial score (nSPS) is 11.6. The molecule has 0 fully saturated rings. The molecular weight excluding hydrogens is 626 g/mol. The lowest BCUT2D eigenvalue weighted by atomic mass is 9.97. The molecule has 0 saturated heterocycles. The third kappa shape index (κ3) is 7.55. The highest BCUT2D eigenvalue weighted by atomic mass is 16.7. The quantitative estimate of drug-likeness (QED) is 0.0630. The van der Waals surface area contributed by atoms with Crippen molar-refractivity contribution in [3.8, 4) is 0 Å². The van der Waals surface area contributed by atoms with Crippen molar-refractivity contribution >= 4 is 57.0 Å². The first-order chi connectivity index (χ1) is 24.3. The van der Waals surface area contributed by atoms with Crippen molar-refractivity contribution in [3.05, 3.63) is 173 Å². The Bertz CT molecular complexity index is 2250. The molecule has 50 heavy (non-hydrogen) atoms. The molecule has 0 heterocycles. The Hall–Kier alpha value is -6.67. The highest BCUT2D eigenvalue weighted by Gasteiger charge is 2.19. The maximum Gasteiger partial charge on any atom is 0.332 e. The van der Waals surface area contributed by atoms with Crippen molar-refractivity contribution in [2.75, 3.05) is 4.90 Å². The average molecular weight is 660 g/mol. The van der Waals surface area contributed by atoms with Crippen molar-refractivity contribution < 1.29 is 24.1 Å². The van der Waals surface area contributed by atoms with Gasteiger partial charge in [0.1, 0.15) is 11.4 Å². The summed E-state index contributed by atoms with van der Waals surface area (Å²) >= 11 is 0. The predicted molar refractivity (Wildman–Crippen MR) is 196 cm³/mol. The van der Waals surface area contributed by atoms with Crippen LogP contribution in [0.2, 0.25) is 0 Å². The molecule has 0 aromatic heterocycles. The third-order valence-electron chi connectivity index (χ3n) is 7.91. The number of rotatable bonds is 10. The van der Waals surface area contributed by atoms with E-state index >= 15 is 0 Å². The molecular formula is C42H33N3O5. The zero-order valence-corrected chi connectivity index (χ0v) is 27.7. The van der Waals surface area contributed by atoms with Crippen LogP contribution < -0.4 is 4.90 Å². The van der Waals surface area contributed by atoms with E-state index in [-0.39, 0.29) is 5.78 Å². The first kappa shape index (κ1) is 33.2. The summed E-state index contributed by atoms with van der Waals surface area (Å²) in [7, 11) is 0. The fourth-order valence-corrected chi connectivity index (χ4v) is 5.62. The van der Waals surface area contributed by atoms with Crippen molar-refractivity contribution in [2.45, 2.75) is 20.8 Å². The van der Waals surface area contributed by atoms with Crippen LogP contribution in [0.3, 0.4) is 0 Å². The first-order valence-electron chi connectivity index (χ1n) is 15.9. The molecule has 6 aromatic rings. The molecule has 0 unspecified atom stereocenters. The number of oxime groups is 2. The lowest BCUT2D eigenvalue weighted by molar-refractivity contribution is -0.141. The van der Waals surface area contributed by atoms with Crippen molar-refractivity contribution in [1.29, 1.82) is 0 Å². The molecule has 0 N–H and O–H groups in total. The predicted octanol–water partition coefficient (Wildman–Crippen LogP) is 9.14. The maximum absolute atomic E-state index is 12.5. The molecule has 0 amide bonds. The molecule has 6 aromatic carbocycles. The van der Waals surface area contributed by atoms with Crippen LogP contribution >= 0.6 is 0 Å². The molecule has 8 nitrogen and oxygen atoms in total. The largest absolute Gasteiger partial charge is 0.332 e.